The van der Waals surface area contributed by atoms with E-state index >= 15 is 0 Å². The van der Waals surface area contributed by atoms with Gasteiger partial charge in [-0.1, -0.05) is 0 Å². The van der Waals surface area contributed by atoms with Crippen LogP contribution in [0.15, 0.2) is 42.4 Å². The van der Waals surface area contributed by atoms with Gasteiger partial charge in [0.1, 0.15) is 18.0 Å². The van der Waals surface area contributed by atoms with Gasteiger partial charge < -0.3 is 14.5 Å². The van der Waals surface area contributed by atoms with Crippen LogP contribution >= 0.6 is 11.3 Å². The summed E-state index contributed by atoms with van der Waals surface area (Å²) in [5.74, 6) is 0.427. The highest BCUT2D eigenvalue weighted by atomic mass is 32.1. The lowest BCUT2D eigenvalue weighted by molar-refractivity contribution is 0.102. The van der Waals surface area contributed by atoms with Crippen molar-refractivity contribution in [2.75, 3.05) is 5.32 Å². The summed E-state index contributed by atoms with van der Waals surface area (Å²) in [5, 5.41) is 13.2. The summed E-state index contributed by atoms with van der Waals surface area (Å²) >= 11 is 1.36. The van der Waals surface area contributed by atoms with Crippen molar-refractivity contribution in [3.05, 3.63) is 59.5 Å². The Morgan fingerprint density at radius 2 is 2.06 bits per heavy atom. The first-order valence-electron chi connectivity index (χ1n) is 10.2. The third-order valence-corrected chi connectivity index (χ3v) is 6.38. The maximum atomic E-state index is 14.4. The first-order chi connectivity index (χ1) is 15.2. The van der Waals surface area contributed by atoms with E-state index in [1.54, 1.807) is 24.1 Å². The summed E-state index contributed by atoms with van der Waals surface area (Å²) in [6, 6.07) is 4.88. The predicted octanol–water partition coefficient (Wildman–Crippen LogP) is 4.19. The highest BCUT2D eigenvalue weighted by molar-refractivity contribution is 7.13. The molecule has 10 heteroatoms. The minimum absolute atomic E-state index is 0.0464. The van der Waals surface area contributed by atoms with Crippen molar-refractivity contribution in [1.82, 2.24) is 29.3 Å². The molecule has 1 aromatic carbocycles. The molecule has 1 amide bonds. The smallest absolute Gasteiger partial charge is 0.259 e. The van der Waals surface area contributed by atoms with Crippen LogP contribution in [-0.2, 0) is 0 Å². The predicted molar refractivity (Wildman–Crippen MR) is 113 cm³/mol. The fourth-order valence-corrected chi connectivity index (χ4v) is 4.29. The molecule has 6 rings (SSSR count). The van der Waals surface area contributed by atoms with Gasteiger partial charge in [-0.05, 0) is 43.9 Å². The number of hydrogen-bond acceptors (Lipinski definition) is 6. The minimum atomic E-state index is -0.590. The van der Waals surface area contributed by atoms with Crippen molar-refractivity contribution >= 4 is 23.1 Å². The maximum absolute atomic E-state index is 14.4. The number of aromatic nitrogens is 6. The van der Waals surface area contributed by atoms with Crippen molar-refractivity contribution in [2.45, 2.75) is 37.6 Å². The molecule has 0 unspecified atom stereocenters. The van der Waals surface area contributed by atoms with E-state index in [2.05, 4.69) is 25.5 Å². The lowest BCUT2D eigenvalue weighted by Crippen LogP contribution is -2.14. The Kier molecular flexibility index (Phi) is 4.20. The lowest BCUT2D eigenvalue weighted by atomic mass is 10.1. The van der Waals surface area contributed by atoms with Crippen LogP contribution in [0.1, 0.15) is 53.7 Å². The number of hydrogen-bond donors (Lipinski definition) is 1. The molecule has 0 spiro atoms. The number of anilines is 1. The van der Waals surface area contributed by atoms with Gasteiger partial charge >= 0.3 is 0 Å². The molecule has 2 aliphatic carbocycles. The average Bonchev–Trinajstić information content (AvgIpc) is 3.65. The van der Waals surface area contributed by atoms with Gasteiger partial charge in [0.15, 0.2) is 10.8 Å². The highest BCUT2D eigenvalue weighted by Crippen LogP contribution is 2.39. The molecular weight excluding hydrogens is 417 g/mol. The third kappa shape index (κ3) is 3.52. The number of carbonyl (C=O) groups excluding carboxylic acids is 1. The first-order valence-corrected chi connectivity index (χ1v) is 11.0. The molecule has 2 fully saturated rings. The van der Waals surface area contributed by atoms with Crippen LogP contribution in [0.5, 0.6) is 0 Å². The molecule has 156 valence electrons. The Balaban J connectivity index is 1.23. The SMILES string of the molecule is O=C(Nc1csc(-c2nncn2C2CC2)n1)c1cc(-n2cnc(C3CC3)c2)ccc1F. The number of nitrogens with one attached hydrogen (secondary N) is 1. The van der Waals surface area contributed by atoms with Crippen LogP contribution in [0.3, 0.4) is 0 Å². The number of nitrogens with zero attached hydrogens (tertiary/aromatic N) is 6. The number of carbonyl (C=O) groups is 1. The van der Waals surface area contributed by atoms with E-state index < -0.39 is 11.7 Å². The van der Waals surface area contributed by atoms with Gasteiger partial charge in [-0.15, -0.1) is 21.5 Å². The Labute approximate surface area is 180 Å². The lowest BCUT2D eigenvalue weighted by Gasteiger charge is -2.07. The van der Waals surface area contributed by atoms with E-state index in [1.165, 1.54) is 23.5 Å². The monoisotopic (exact) mass is 435 g/mol. The second kappa shape index (κ2) is 7.09. The molecule has 0 bridgehead atoms. The summed E-state index contributed by atoms with van der Waals surface area (Å²) in [6.07, 6.45) is 9.86. The zero-order chi connectivity index (χ0) is 20.9. The van der Waals surface area contributed by atoms with Crippen LogP contribution < -0.4 is 5.32 Å². The van der Waals surface area contributed by atoms with E-state index in [-0.39, 0.29) is 5.56 Å². The number of rotatable bonds is 6. The van der Waals surface area contributed by atoms with Crippen LogP contribution in [0.2, 0.25) is 0 Å². The Morgan fingerprint density at radius 1 is 1.19 bits per heavy atom. The van der Waals surface area contributed by atoms with E-state index in [0.29, 0.717) is 34.3 Å². The van der Waals surface area contributed by atoms with Gasteiger partial charge in [-0.25, -0.2) is 14.4 Å². The molecule has 3 heterocycles. The van der Waals surface area contributed by atoms with E-state index in [9.17, 15) is 9.18 Å². The van der Waals surface area contributed by atoms with Gasteiger partial charge in [0.05, 0.1) is 17.6 Å². The Hall–Kier alpha value is -3.40. The van der Waals surface area contributed by atoms with Crippen LogP contribution in [0, 0.1) is 5.82 Å². The van der Waals surface area contributed by atoms with E-state index in [4.69, 9.17) is 0 Å². The number of halogens is 1. The second-order valence-corrected chi connectivity index (χ2v) is 8.79. The molecule has 2 aliphatic rings. The molecule has 0 atom stereocenters. The molecule has 8 nitrogen and oxygen atoms in total. The average molecular weight is 435 g/mol. The molecule has 0 radical (unpaired) electrons. The first kappa shape index (κ1) is 18.4. The summed E-state index contributed by atoms with van der Waals surface area (Å²) < 4.78 is 18.3. The van der Waals surface area contributed by atoms with E-state index in [0.717, 1.165) is 31.4 Å². The minimum Gasteiger partial charge on any atom is -0.308 e. The zero-order valence-electron chi connectivity index (χ0n) is 16.4. The molecule has 2 saturated carbocycles. The molecule has 3 aromatic heterocycles. The standard InChI is InChI=1S/C21H18FN7OS/c22-16-6-5-14(28-8-17(23-10-28)12-1-2-12)7-15(16)20(30)25-18-9-31-21(26-18)19-27-24-11-29(19)13-3-4-13/h5-13H,1-4H2,(H,25,30). The summed E-state index contributed by atoms with van der Waals surface area (Å²) in [4.78, 5) is 21.7. The normalized spacial score (nSPS) is 15.9. The second-order valence-electron chi connectivity index (χ2n) is 7.93. The molecule has 0 aliphatic heterocycles. The van der Waals surface area contributed by atoms with Crippen molar-refractivity contribution in [3.8, 4) is 16.5 Å². The van der Waals surface area contributed by atoms with Gasteiger partial charge in [0.2, 0.25) is 0 Å². The highest BCUT2D eigenvalue weighted by Gasteiger charge is 2.28. The van der Waals surface area contributed by atoms with Crippen LogP contribution in [-0.4, -0.2) is 35.2 Å². The molecular formula is C21H18FN7OS. The fourth-order valence-electron chi connectivity index (χ4n) is 3.55. The van der Waals surface area contributed by atoms with Gasteiger partial charge in [0.25, 0.3) is 5.91 Å². The molecule has 4 aromatic rings. The summed E-state index contributed by atoms with van der Waals surface area (Å²) in [7, 11) is 0. The van der Waals surface area contributed by atoms with Crippen LogP contribution in [0.4, 0.5) is 10.2 Å². The van der Waals surface area contributed by atoms with Gasteiger partial charge in [-0.3, -0.25) is 4.79 Å². The maximum Gasteiger partial charge on any atom is 0.259 e. The number of imidazole rings is 1. The van der Waals surface area contributed by atoms with Crippen molar-refractivity contribution in [1.29, 1.82) is 0 Å². The molecule has 31 heavy (non-hydrogen) atoms. The Bertz CT molecular complexity index is 1280. The molecule has 1 N–H and O–H groups in total. The largest absolute Gasteiger partial charge is 0.308 e. The molecule has 0 saturated heterocycles. The fraction of sp³-hybridized carbons (Fsp3) is 0.286. The number of benzene rings is 1. The van der Waals surface area contributed by atoms with Crippen molar-refractivity contribution in [2.24, 2.45) is 0 Å². The summed E-state index contributed by atoms with van der Waals surface area (Å²) in [5.41, 5.74) is 1.67. The Morgan fingerprint density at radius 3 is 2.87 bits per heavy atom. The van der Waals surface area contributed by atoms with Gasteiger partial charge in [0, 0.05) is 29.2 Å². The number of thiazole rings is 1. The zero-order valence-corrected chi connectivity index (χ0v) is 17.2. The quantitative estimate of drug-likeness (QED) is 0.490. The van der Waals surface area contributed by atoms with Crippen molar-refractivity contribution < 1.29 is 9.18 Å². The summed E-state index contributed by atoms with van der Waals surface area (Å²) in [6.45, 7) is 0. The number of amides is 1. The van der Waals surface area contributed by atoms with Crippen LogP contribution in [0.25, 0.3) is 16.5 Å². The topological polar surface area (TPSA) is 90.5 Å². The third-order valence-electron chi connectivity index (χ3n) is 5.54. The van der Waals surface area contributed by atoms with Crippen molar-refractivity contribution in [3.63, 3.8) is 0 Å². The van der Waals surface area contributed by atoms with Gasteiger partial charge in [-0.2, -0.15) is 0 Å². The van der Waals surface area contributed by atoms with E-state index in [1.807, 2.05) is 15.3 Å².